The van der Waals surface area contributed by atoms with Crippen LogP contribution in [0.15, 0.2) is 0 Å². The molecule has 0 radical (unpaired) electrons. The second kappa shape index (κ2) is 19.9. The molecule has 0 fully saturated rings. The van der Waals surface area contributed by atoms with E-state index in [2.05, 4.69) is 6.92 Å². The molecule has 0 N–H and O–H groups in total. The predicted octanol–water partition coefficient (Wildman–Crippen LogP) is 6.31. The van der Waals surface area contributed by atoms with E-state index in [0.29, 0.717) is 12.7 Å². The number of carbonyl (C=O) groups excluding carboxylic acids is 3. The highest BCUT2D eigenvalue weighted by Crippen LogP contribution is 2.14. The summed E-state index contributed by atoms with van der Waals surface area (Å²) < 4.78 is 9.86. The Morgan fingerprint density at radius 2 is 1.10 bits per heavy atom. The van der Waals surface area contributed by atoms with Gasteiger partial charge in [-0.25, -0.2) is 4.79 Å². The van der Waals surface area contributed by atoms with Crippen molar-refractivity contribution in [3.05, 3.63) is 0 Å². The predicted molar refractivity (Wildman–Crippen MR) is 117 cm³/mol. The van der Waals surface area contributed by atoms with Crippen LogP contribution in [0.25, 0.3) is 0 Å². The number of carbonyl (C=O) groups is 3. The van der Waals surface area contributed by atoms with Gasteiger partial charge in [0.15, 0.2) is 18.5 Å². The molecule has 29 heavy (non-hydrogen) atoms. The molecular formula is C24H44O5. The summed E-state index contributed by atoms with van der Waals surface area (Å²) in [6.45, 7) is 5.19. The van der Waals surface area contributed by atoms with Crippen molar-refractivity contribution in [1.29, 1.82) is 0 Å². The maximum absolute atomic E-state index is 11.7. The molecule has 0 aromatic carbocycles. The molecule has 0 spiro atoms. The number of aldehydes is 1. The zero-order chi connectivity index (χ0) is 21.7. The van der Waals surface area contributed by atoms with Crippen molar-refractivity contribution < 1.29 is 23.9 Å². The Morgan fingerprint density at radius 1 is 0.690 bits per heavy atom. The number of unbranched alkanes of at least 4 members (excludes halogenated alkanes) is 14. The van der Waals surface area contributed by atoms with Gasteiger partial charge in [0, 0.05) is 6.42 Å². The molecule has 0 heterocycles. The van der Waals surface area contributed by atoms with Crippen LogP contribution in [0.1, 0.15) is 124 Å². The molecular weight excluding hydrogens is 368 g/mol. The summed E-state index contributed by atoms with van der Waals surface area (Å²) in [5, 5.41) is 0. The van der Waals surface area contributed by atoms with Crippen molar-refractivity contribution in [2.75, 3.05) is 0 Å². The van der Waals surface area contributed by atoms with Gasteiger partial charge in [-0.1, -0.05) is 96.8 Å². The van der Waals surface area contributed by atoms with Crippen LogP contribution in [0, 0.1) is 0 Å². The Kier molecular flexibility index (Phi) is 19.0. The van der Waals surface area contributed by atoms with Gasteiger partial charge in [-0.2, -0.15) is 0 Å². The molecule has 0 aliphatic heterocycles. The SMILES string of the molecule is CCCCCCCCCCCCCCCCCC(=O)OC(C)C(=O)OC(C)C=O. The van der Waals surface area contributed by atoms with E-state index in [1.54, 1.807) is 0 Å². The van der Waals surface area contributed by atoms with Crippen molar-refractivity contribution in [1.82, 2.24) is 0 Å². The molecule has 170 valence electrons. The van der Waals surface area contributed by atoms with E-state index in [1.165, 1.54) is 90.9 Å². The van der Waals surface area contributed by atoms with Crippen molar-refractivity contribution >= 4 is 18.2 Å². The molecule has 2 unspecified atom stereocenters. The molecule has 0 amide bonds. The van der Waals surface area contributed by atoms with Gasteiger partial charge in [0.1, 0.15) is 0 Å². The average Bonchev–Trinajstić information content (AvgIpc) is 2.70. The molecule has 0 aromatic heterocycles. The molecule has 0 aromatic rings. The third-order valence-electron chi connectivity index (χ3n) is 5.12. The van der Waals surface area contributed by atoms with Crippen LogP contribution in [0.5, 0.6) is 0 Å². The lowest BCUT2D eigenvalue weighted by Gasteiger charge is -2.14. The van der Waals surface area contributed by atoms with E-state index >= 15 is 0 Å². The number of ether oxygens (including phenoxy) is 2. The highest BCUT2D eigenvalue weighted by atomic mass is 16.6. The highest BCUT2D eigenvalue weighted by molar-refractivity contribution is 5.80. The summed E-state index contributed by atoms with van der Waals surface area (Å²) in [5.74, 6) is -1.07. The van der Waals surface area contributed by atoms with E-state index in [1.807, 2.05) is 0 Å². The second-order valence-electron chi connectivity index (χ2n) is 8.11. The number of esters is 2. The maximum atomic E-state index is 11.7. The fourth-order valence-corrected chi connectivity index (χ4v) is 3.25. The van der Waals surface area contributed by atoms with Crippen LogP contribution in [0.3, 0.4) is 0 Å². The zero-order valence-corrected chi connectivity index (χ0v) is 19.1. The molecule has 0 saturated carbocycles. The van der Waals surface area contributed by atoms with Gasteiger partial charge in [0.25, 0.3) is 0 Å². The molecule has 2 atom stereocenters. The first kappa shape index (κ1) is 27.6. The molecule has 0 bridgehead atoms. The Morgan fingerprint density at radius 3 is 1.52 bits per heavy atom. The minimum absolute atomic E-state index is 0.319. The van der Waals surface area contributed by atoms with E-state index in [4.69, 9.17) is 9.47 Å². The number of hydrogen-bond donors (Lipinski definition) is 0. The minimum Gasteiger partial charge on any atom is -0.452 e. The first-order valence-electron chi connectivity index (χ1n) is 11.9. The molecule has 5 heteroatoms. The highest BCUT2D eigenvalue weighted by Gasteiger charge is 2.20. The van der Waals surface area contributed by atoms with Gasteiger partial charge in [0.2, 0.25) is 0 Å². The third-order valence-corrected chi connectivity index (χ3v) is 5.12. The summed E-state index contributed by atoms with van der Waals surface area (Å²) in [5.41, 5.74) is 0. The first-order valence-corrected chi connectivity index (χ1v) is 11.9. The summed E-state index contributed by atoms with van der Waals surface area (Å²) in [4.78, 5) is 33.8. The Balaban J connectivity index is 3.40. The van der Waals surface area contributed by atoms with Gasteiger partial charge in [-0.15, -0.1) is 0 Å². The quantitative estimate of drug-likeness (QED) is 0.133. The smallest absolute Gasteiger partial charge is 0.347 e. The van der Waals surface area contributed by atoms with Crippen molar-refractivity contribution in [2.45, 2.75) is 136 Å². The van der Waals surface area contributed by atoms with Crippen molar-refractivity contribution in [2.24, 2.45) is 0 Å². The van der Waals surface area contributed by atoms with Crippen molar-refractivity contribution in [3.63, 3.8) is 0 Å². The number of rotatable bonds is 20. The van der Waals surface area contributed by atoms with E-state index in [9.17, 15) is 14.4 Å². The van der Waals surface area contributed by atoms with E-state index in [0.717, 1.165) is 19.3 Å². The van der Waals surface area contributed by atoms with Gasteiger partial charge in [-0.05, 0) is 20.3 Å². The molecule has 5 nitrogen and oxygen atoms in total. The van der Waals surface area contributed by atoms with Crippen molar-refractivity contribution in [3.8, 4) is 0 Å². The molecule has 0 aliphatic carbocycles. The Bertz CT molecular complexity index is 421. The molecule has 0 saturated heterocycles. The first-order chi connectivity index (χ1) is 14.0. The fourth-order valence-electron chi connectivity index (χ4n) is 3.25. The lowest BCUT2D eigenvalue weighted by molar-refractivity contribution is -0.170. The number of hydrogen-bond acceptors (Lipinski definition) is 5. The van der Waals surface area contributed by atoms with Crippen LogP contribution in [0.4, 0.5) is 0 Å². The Hall–Kier alpha value is -1.39. The molecule has 0 rings (SSSR count). The normalized spacial score (nSPS) is 12.9. The van der Waals surface area contributed by atoms with Gasteiger partial charge < -0.3 is 9.47 Å². The zero-order valence-electron chi connectivity index (χ0n) is 19.1. The summed E-state index contributed by atoms with van der Waals surface area (Å²) in [6.07, 6.45) is 18.2. The lowest BCUT2D eigenvalue weighted by Crippen LogP contribution is -2.29. The third kappa shape index (κ3) is 18.4. The average molecular weight is 413 g/mol. The standard InChI is InChI=1S/C24H44O5/c1-4-5-6-7-8-9-10-11-12-13-14-15-16-17-18-19-23(26)29-22(3)24(27)28-21(2)20-25/h20-22H,4-19H2,1-3H3. The van der Waals surface area contributed by atoms with Gasteiger partial charge in [-0.3, -0.25) is 9.59 Å². The van der Waals surface area contributed by atoms with Crippen LogP contribution < -0.4 is 0 Å². The topological polar surface area (TPSA) is 69.7 Å². The van der Waals surface area contributed by atoms with E-state index in [-0.39, 0.29) is 5.97 Å². The van der Waals surface area contributed by atoms with Crippen LogP contribution in [0.2, 0.25) is 0 Å². The Labute approximate surface area is 178 Å². The fraction of sp³-hybridized carbons (Fsp3) is 0.875. The van der Waals surface area contributed by atoms with Crippen LogP contribution in [-0.4, -0.2) is 30.4 Å². The van der Waals surface area contributed by atoms with Gasteiger partial charge >= 0.3 is 11.9 Å². The molecule has 0 aliphatic rings. The summed E-state index contributed by atoms with van der Waals surface area (Å²) in [6, 6.07) is 0. The van der Waals surface area contributed by atoms with Gasteiger partial charge in [0.05, 0.1) is 0 Å². The largest absolute Gasteiger partial charge is 0.452 e. The monoisotopic (exact) mass is 412 g/mol. The maximum Gasteiger partial charge on any atom is 0.347 e. The van der Waals surface area contributed by atoms with Crippen LogP contribution >= 0.6 is 0 Å². The summed E-state index contributed by atoms with van der Waals surface area (Å²) in [7, 11) is 0. The van der Waals surface area contributed by atoms with E-state index < -0.39 is 18.2 Å². The second-order valence-corrected chi connectivity index (χ2v) is 8.11. The summed E-state index contributed by atoms with van der Waals surface area (Å²) >= 11 is 0. The van der Waals surface area contributed by atoms with Crippen LogP contribution in [-0.2, 0) is 23.9 Å². The minimum atomic E-state index is -0.971. The lowest BCUT2D eigenvalue weighted by atomic mass is 10.0.